The van der Waals surface area contributed by atoms with Crippen LogP contribution in [0.3, 0.4) is 0 Å². The van der Waals surface area contributed by atoms with Gasteiger partial charge >= 0.3 is 0 Å². The summed E-state index contributed by atoms with van der Waals surface area (Å²) in [6, 6.07) is 19.6. The highest BCUT2D eigenvalue weighted by molar-refractivity contribution is 6.11. The number of fused-ring (bicyclic) bond motifs is 1. The number of aliphatic hydroxyl groups excluding tert-OH is 2. The van der Waals surface area contributed by atoms with Crippen molar-refractivity contribution in [2.45, 2.75) is 31.8 Å². The van der Waals surface area contributed by atoms with E-state index in [1.807, 2.05) is 0 Å². The SMILES string of the molecule is O=C(COC[C@H](O)CO)c1ccc2c(Oc3ccc(CC(=O)C4(C(=O)Cc5ccc(F)cc5)CC4)cc3)ccnc2c1. The van der Waals surface area contributed by atoms with Crippen molar-refractivity contribution in [2.24, 2.45) is 5.41 Å². The number of halogens is 1. The van der Waals surface area contributed by atoms with Gasteiger partial charge in [0.2, 0.25) is 0 Å². The van der Waals surface area contributed by atoms with Gasteiger partial charge in [0.25, 0.3) is 0 Å². The Hall–Kier alpha value is -4.31. The molecule has 1 aliphatic carbocycles. The normalized spacial score (nSPS) is 14.4. The van der Waals surface area contributed by atoms with Gasteiger partial charge in [-0.15, -0.1) is 0 Å². The van der Waals surface area contributed by atoms with Crippen LogP contribution in [-0.2, 0) is 27.2 Å². The van der Waals surface area contributed by atoms with Crippen molar-refractivity contribution in [2.75, 3.05) is 19.8 Å². The Morgan fingerprint density at radius 1 is 0.905 bits per heavy atom. The number of aliphatic hydroxyl groups is 2. The summed E-state index contributed by atoms with van der Waals surface area (Å²) in [7, 11) is 0. The number of pyridine rings is 1. The number of hydrogen-bond acceptors (Lipinski definition) is 8. The monoisotopic (exact) mass is 571 g/mol. The van der Waals surface area contributed by atoms with E-state index < -0.39 is 18.1 Å². The first-order chi connectivity index (χ1) is 20.3. The first-order valence-corrected chi connectivity index (χ1v) is 13.6. The third kappa shape index (κ3) is 6.76. The largest absolute Gasteiger partial charge is 0.457 e. The molecule has 1 fully saturated rings. The molecule has 0 amide bonds. The molecule has 4 aromatic rings. The third-order valence-electron chi connectivity index (χ3n) is 7.39. The van der Waals surface area contributed by atoms with Crippen LogP contribution in [0.25, 0.3) is 10.9 Å². The van der Waals surface area contributed by atoms with Gasteiger partial charge in [-0.2, -0.15) is 0 Å². The lowest BCUT2D eigenvalue weighted by molar-refractivity contribution is -0.133. The second kappa shape index (κ2) is 12.7. The first kappa shape index (κ1) is 29.2. The minimum Gasteiger partial charge on any atom is -0.457 e. The highest BCUT2D eigenvalue weighted by Gasteiger charge is 2.54. The van der Waals surface area contributed by atoms with Gasteiger partial charge in [-0.3, -0.25) is 19.4 Å². The van der Waals surface area contributed by atoms with Crippen LogP contribution in [-0.4, -0.2) is 58.5 Å². The summed E-state index contributed by atoms with van der Waals surface area (Å²) in [4.78, 5) is 42.8. The van der Waals surface area contributed by atoms with Gasteiger partial charge in [0, 0.05) is 30.0 Å². The molecule has 1 heterocycles. The average Bonchev–Trinajstić information content (AvgIpc) is 3.81. The van der Waals surface area contributed by atoms with Gasteiger partial charge in [-0.25, -0.2) is 4.39 Å². The van der Waals surface area contributed by atoms with Crippen LogP contribution in [0.4, 0.5) is 4.39 Å². The number of Topliss-reactive ketones (excluding diaryl/α,β-unsaturated/α-hetero) is 3. The Labute approximate surface area is 241 Å². The fourth-order valence-corrected chi connectivity index (χ4v) is 4.76. The number of ether oxygens (including phenoxy) is 2. The summed E-state index contributed by atoms with van der Waals surface area (Å²) in [6.07, 6.45) is 1.85. The number of hydrogen-bond donors (Lipinski definition) is 2. The number of carbonyl (C=O) groups is 3. The quantitative estimate of drug-likeness (QED) is 0.168. The van der Waals surface area contributed by atoms with Gasteiger partial charge in [0.1, 0.15) is 30.0 Å². The van der Waals surface area contributed by atoms with E-state index in [9.17, 15) is 23.9 Å². The average molecular weight is 572 g/mol. The molecular weight excluding hydrogens is 541 g/mol. The minimum absolute atomic E-state index is 0.108. The lowest BCUT2D eigenvalue weighted by Crippen LogP contribution is -2.28. The van der Waals surface area contributed by atoms with Gasteiger partial charge in [0.15, 0.2) is 17.3 Å². The molecule has 216 valence electrons. The molecule has 42 heavy (non-hydrogen) atoms. The number of carbonyl (C=O) groups excluding carboxylic acids is 3. The Kier molecular flexibility index (Phi) is 8.82. The first-order valence-electron chi connectivity index (χ1n) is 13.6. The van der Waals surface area contributed by atoms with Gasteiger partial charge < -0.3 is 19.7 Å². The molecule has 3 aromatic carbocycles. The highest BCUT2D eigenvalue weighted by Crippen LogP contribution is 2.48. The van der Waals surface area contributed by atoms with Crippen molar-refractivity contribution in [3.8, 4) is 11.5 Å². The zero-order valence-corrected chi connectivity index (χ0v) is 22.8. The maximum absolute atomic E-state index is 13.2. The predicted molar refractivity (Wildman–Crippen MR) is 152 cm³/mol. The highest BCUT2D eigenvalue weighted by atomic mass is 19.1. The molecule has 2 N–H and O–H groups in total. The van der Waals surface area contributed by atoms with Crippen molar-refractivity contribution in [1.82, 2.24) is 4.98 Å². The van der Waals surface area contributed by atoms with E-state index in [-0.39, 0.29) is 49.2 Å². The van der Waals surface area contributed by atoms with Crippen molar-refractivity contribution in [3.63, 3.8) is 0 Å². The van der Waals surface area contributed by atoms with Crippen LogP contribution < -0.4 is 4.74 Å². The van der Waals surface area contributed by atoms with Crippen LogP contribution >= 0.6 is 0 Å². The second-order valence-corrected chi connectivity index (χ2v) is 10.5. The van der Waals surface area contributed by atoms with E-state index in [4.69, 9.17) is 14.6 Å². The summed E-state index contributed by atoms with van der Waals surface area (Å²) in [6.45, 7) is -0.827. The van der Waals surface area contributed by atoms with E-state index in [1.54, 1.807) is 66.9 Å². The zero-order valence-electron chi connectivity index (χ0n) is 22.8. The van der Waals surface area contributed by atoms with Crippen LogP contribution in [0.2, 0.25) is 0 Å². The molecule has 1 aliphatic rings. The molecule has 0 spiro atoms. The van der Waals surface area contributed by atoms with E-state index in [0.29, 0.717) is 46.4 Å². The Morgan fingerprint density at radius 3 is 2.17 bits per heavy atom. The summed E-state index contributed by atoms with van der Waals surface area (Å²) in [5.74, 6) is 0.196. The van der Waals surface area contributed by atoms with E-state index >= 15 is 0 Å². The topological polar surface area (TPSA) is 123 Å². The lowest BCUT2D eigenvalue weighted by Gasteiger charge is -2.14. The summed E-state index contributed by atoms with van der Waals surface area (Å²) in [5.41, 5.74) is 1.45. The zero-order chi connectivity index (χ0) is 29.7. The molecule has 0 aliphatic heterocycles. The van der Waals surface area contributed by atoms with Crippen molar-refractivity contribution >= 4 is 28.3 Å². The maximum atomic E-state index is 13.2. The molecule has 0 unspecified atom stereocenters. The summed E-state index contributed by atoms with van der Waals surface area (Å²) >= 11 is 0. The van der Waals surface area contributed by atoms with E-state index in [0.717, 1.165) is 5.56 Å². The smallest absolute Gasteiger partial charge is 0.188 e. The molecule has 8 nitrogen and oxygen atoms in total. The van der Waals surface area contributed by atoms with Crippen LogP contribution in [0.15, 0.2) is 79.0 Å². The molecular formula is C33H30FNO7. The van der Waals surface area contributed by atoms with Crippen molar-refractivity contribution in [1.29, 1.82) is 0 Å². The van der Waals surface area contributed by atoms with Gasteiger partial charge in [0.05, 0.1) is 24.1 Å². The second-order valence-electron chi connectivity index (χ2n) is 10.5. The Morgan fingerprint density at radius 2 is 1.55 bits per heavy atom. The standard InChI is InChI=1S/C33H30FNO7/c34-24-6-1-21(2-7-24)15-31(39)33(12-13-33)32(40)16-22-3-8-26(9-4-22)42-30-11-14-35-28-17-23(5-10-27(28)30)29(38)20-41-19-25(37)18-36/h1-11,14,17,25,36-37H,12-13,15-16,18-20H2/t25-/m1/s1. The number of benzene rings is 3. The number of aromatic nitrogens is 1. The molecule has 1 atom stereocenters. The number of ketones is 3. The molecule has 1 saturated carbocycles. The maximum Gasteiger partial charge on any atom is 0.188 e. The predicted octanol–water partition coefficient (Wildman–Crippen LogP) is 4.42. The minimum atomic E-state index is -1.04. The van der Waals surface area contributed by atoms with E-state index in [2.05, 4.69) is 4.98 Å². The Bertz CT molecular complexity index is 1600. The molecule has 0 bridgehead atoms. The molecule has 0 radical (unpaired) electrons. The number of rotatable bonds is 14. The van der Waals surface area contributed by atoms with Gasteiger partial charge in [-0.1, -0.05) is 30.3 Å². The fourth-order valence-electron chi connectivity index (χ4n) is 4.76. The van der Waals surface area contributed by atoms with Crippen LogP contribution in [0.5, 0.6) is 11.5 Å². The third-order valence-corrected chi connectivity index (χ3v) is 7.39. The number of nitrogens with zero attached hydrogens (tertiary/aromatic N) is 1. The van der Waals surface area contributed by atoms with Crippen LogP contribution in [0, 0.1) is 11.2 Å². The molecule has 1 aromatic heterocycles. The van der Waals surface area contributed by atoms with Crippen molar-refractivity contribution < 1.29 is 38.5 Å². The molecule has 9 heteroatoms. The van der Waals surface area contributed by atoms with Crippen molar-refractivity contribution in [3.05, 3.63) is 102 Å². The van der Waals surface area contributed by atoms with E-state index in [1.165, 1.54) is 12.1 Å². The Balaban J connectivity index is 1.20. The summed E-state index contributed by atoms with van der Waals surface area (Å²) < 4.78 is 24.4. The summed E-state index contributed by atoms with van der Waals surface area (Å²) in [5, 5.41) is 18.9. The molecule has 5 rings (SSSR count). The van der Waals surface area contributed by atoms with Crippen LogP contribution in [0.1, 0.15) is 34.3 Å². The lowest BCUT2D eigenvalue weighted by atomic mass is 9.88. The fraction of sp³-hybridized carbons (Fsp3) is 0.273. The molecule has 0 saturated heterocycles. The van der Waals surface area contributed by atoms with Gasteiger partial charge in [-0.05, 0) is 66.4 Å².